The van der Waals surface area contributed by atoms with Gasteiger partial charge in [-0.05, 0) is 61.3 Å². The first-order chi connectivity index (χ1) is 18.9. The van der Waals surface area contributed by atoms with Crippen molar-refractivity contribution in [3.63, 3.8) is 0 Å². The Morgan fingerprint density at radius 1 is 1.07 bits per heavy atom. The van der Waals surface area contributed by atoms with E-state index in [4.69, 9.17) is 5.73 Å². The zero-order valence-corrected chi connectivity index (χ0v) is 23.6. The van der Waals surface area contributed by atoms with Gasteiger partial charge in [-0.1, -0.05) is 56.3 Å². The van der Waals surface area contributed by atoms with Gasteiger partial charge in [-0.25, -0.2) is 0 Å². The molecule has 2 aromatic carbocycles. The van der Waals surface area contributed by atoms with E-state index in [0.29, 0.717) is 31.5 Å². The minimum atomic E-state index is -4.41. The van der Waals surface area contributed by atoms with E-state index in [1.54, 1.807) is 11.9 Å². The number of fused-ring (bicyclic) bond motifs is 1. The van der Waals surface area contributed by atoms with Crippen molar-refractivity contribution < 1.29 is 22.8 Å². The lowest BCUT2D eigenvalue weighted by Crippen LogP contribution is -2.53. The molecule has 4 atom stereocenters. The number of likely N-dealkylation sites (N-methyl/N-ethyl adjacent to an activating group) is 1. The van der Waals surface area contributed by atoms with Crippen LogP contribution in [0.5, 0.6) is 0 Å². The molecule has 218 valence electrons. The number of nitrogens with two attached hydrogens (primary N) is 1. The average Bonchev–Trinajstić information content (AvgIpc) is 3.25. The van der Waals surface area contributed by atoms with Gasteiger partial charge in [0, 0.05) is 38.8 Å². The van der Waals surface area contributed by atoms with Gasteiger partial charge in [-0.2, -0.15) is 13.2 Å². The lowest BCUT2D eigenvalue weighted by Gasteiger charge is -2.35. The number of carbonyl (C=O) groups is 2. The van der Waals surface area contributed by atoms with Crippen LogP contribution in [0.4, 0.5) is 13.2 Å². The number of rotatable bonds is 9. The third-order valence-corrected chi connectivity index (χ3v) is 8.15. The van der Waals surface area contributed by atoms with Crippen LogP contribution in [0.1, 0.15) is 56.2 Å². The first-order valence-electron chi connectivity index (χ1n) is 14.2. The summed E-state index contributed by atoms with van der Waals surface area (Å²) in [4.78, 5) is 33.4. The summed E-state index contributed by atoms with van der Waals surface area (Å²) in [6, 6.07) is 14.3. The van der Waals surface area contributed by atoms with Crippen LogP contribution >= 0.6 is 0 Å². The highest BCUT2D eigenvalue weighted by atomic mass is 19.4. The quantitative estimate of drug-likeness (QED) is 0.484. The number of hydrogen-bond acceptors (Lipinski definition) is 4. The predicted octanol–water partition coefficient (Wildman–Crippen LogP) is 4.71. The standard InChI is InChI=1S/C31H41F3N4O2/c1-21(2)17-27(29(39)36(3)19-23-9-12-24(13-10-23)31(32,33)34)37-16-15-26(14-11-22-7-5-4-6-8-22)38-20-25(35)18-28(38)30(37)40/h4-10,12-13,21,25-28H,11,14-20,35H2,1-3H3/t25-,26?,27-,28+/m1/s1. The van der Waals surface area contributed by atoms with Crippen LogP contribution in [0.25, 0.3) is 0 Å². The fourth-order valence-corrected chi connectivity index (χ4v) is 6.11. The number of aryl methyl sites for hydroxylation is 1. The first-order valence-corrected chi connectivity index (χ1v) is 14.2. The minimum Gasteiger partial charge on any atom is -0.340 e. The maximum Gasteiger partial charge on any atom is 0.416 e. The highest BCUT2D eigenvalue weighted by Gasteiger charge is 2.46. The summed E-state index contributed by atoms with van der Waals surface area (Å²) in [5.74, 6) is -0.0732. The molecular formula is C31H41F3N4O2. The molecule has 2 saturated heterocycles. The summed E-state index contributed by atoms with van der Waals surface area (Å²) in [5, 5.41) is 0. The van der Waals surface area contributed by atoms with E-state index in [0.717, 1.165) is 31.4 Å². The SMILES string of the molecule is CC(C)C[C@H](C(=O)N(C)Cc1ccc(C(F)(F)F)cc1)N1CCC(CCc2ccccc2)N2C[C@H](N)C[C@H]2C1=O. The highest BCUT2D eigenvalue weighted by molar-refractivity contribution is 5.90. The van der Waals surface area contributed by atoms with E-state index in [-0.39, 0.29) is 42.4 Å². The Balaban J connectivity index is 1.51. The molecule has 0 spiro atoms. The third kappa shape index (κ3) is 7.23. The van der Waals surface area contributed by atoms with Gasteiger partial charge in [0.1, 0.15) is 6.04 Å². The number of benzene rings is 2. The summed E-state index contributed by atoms with van der Waals surface area (Å²) in [6.07, 6.45) is -0.762. The number of halogens is 3. The molecule has 0 radical (unpaired) electrons. The number of nitrogens with zero attached hydrogens (tertiary/aromatic N) is 3. The topological polar surface area (TPSA) is 69.9 Å². The molecule has 0 saturated carbocycles. The van der Waals surface area contributed by atoms with Gasteiger partial charge < -0.3 is 15.5 Å². The van der Waals surface area contributed by atoms with Crippen molar-refractivity contribution in [3.05, 3.63) is 71.3 Å². The monoisotopic (exact) mass is 558 g/mol. The molecule has 6 nitrogen and oxygen atoms in total. The Kier molecular flexibility index (Phi) is 9.56. The van der Waals surface area contributed by atoms with Crippen molar-refractivity contribution in [1.82, 2.24) is 14.7 Å². The second-order valence-electron chi connectivity index (χ2n) is 11.7. The molecule has 9 heteroatoms. The summed E-state index contributed by atoms with van der Waals surface area (Å²) < 4.78 is 38.9. The van der Waals surface area contributed by atoms with E-state index in [2.05, 4.69) is 17.0 Å². The molecule has 2 aliphatic heterocycles. The number of amides is 2. The maximum absolute atomic E-state index is 14.0. The van der Waals surface area contributed by atoms with E-state index in [9.17, 15) is 22.8 Å². The Labute approximate surface area is 235 Å². The molecule has 2 aromatic rings. The fraction of sp³-hybridized carbons (Fsp3) is 0.548. The fourth-order valence-electron chi connectivity index (χ4n) is 6.11. The Bertz CT molecular complexity index is 1140. The molecule has 4 rings (SSSR count). The van der Waals surface area contributed by atoms with E-state index >= 15 is 0 Å². The summed E-state index contributed by atoms with van der Waals surface area (Å²) in [6.45, 7) is 5.36. The maximum atomic E-state index is 14.0. The lowest BCUT2D eigenvalue weighted by atomic mass is 9.99. The first kappa shape index (κ1) is 30.1. The Morgan fingerprint density at radius 3 is 2.38 bits per heavy atom. The van der Waals surface area contributed by atoms with Crippen LogP contribution in [0.3, 0.4) is 0 Å². The van der Waals surface area contributed by atoms with Crippen molar-refractivity contribution in [2.45, 2.75) is 82.8 Å². The van der Waals surface area contributed by atoms with E-state index in [1.165, 1.54) is 22.6 Å². The smallest absolute Gasteiger partial charge is 0.340 e. The molecule has 1 unspecified atom stereocenters. The van der Waals surface area contributed by atoms with Crippen molar-refractivity contribution in [1.29, 1.82) is 0 Å². The van der Waals surface area contributed by atoms with Crippen molar-refractivity contribution >= 4 is 11.8 Å². The molecule has 2 N–H and O–H groups in total. The number of alkyl halides is 3. The summed E-state index contributed by atoms with van der Waals surface area (Å²) in [5.41, 5.74) is 7.49. The van der Waals surface area contributed by atoms with Gasteiger partial charge in [0.05, 0.1) is 11.6 Å². The minimum absolute atomic E-state index is 0.0444. The van der Waals surface area contributed by atoms with Crippen LogP contribution in [-0.4, -0.2) is 70.8 Å². The molecule has 40 heavy (non-hydrogen) atoms. The normalized spacial score (nSPS) is 22.8. The third-order valence-electron chi connectivity index (χ3n) is 8.15. The average molecular weight is 559 g/mol. The predicted molar refractivity (Wildman–Crippen MR) is 149 cm³/mol. The van der Waals surface area contributed by atoms with Gasteiger partial charge in [0.2, 0.25) is 11.8 Å². The van der Waals surface area contributed by atoms with E-state index in [1.807, 2.05) is 32.0 Å². The Hall–Kier alpha value is -2.91. The molecule has 0 aliphatic carbocycles. The zero-order chi connectivity index (χ0) is 29.0. The van der Waals surface area contributed by atoms with Gasteiger partial charge in [-0.3, -0.25) is 14.5 Å². The van der Waals surface area contributed by atoms with Crippen LogP contribution in [0.2, 0.25) is 0 Å². The molecule has 2 amide bonds. The van der Waals surface area contributed by atoms with E-state index < -0.39 is 17.8 Å². The molecule has 2 aliphatic rings. The van der Waals surface area contributed by atoms with Crippen LogP contribution in [0.15, 0.2) is 54.6 Å². The second-order valence-corrected chi connectivity index (χ2v) is 11.7. The van der Waals surface area contributed by atoms with Gasteiger partial charge in [-0.15, -0.1) is 0 Å². The lowest BCUT2D eigenvalue weighted by molar-refractivity contribution is -0.147. The van der Waals surface area contributed by atoms with Gasteiger partial charge in [0.15, 0.2) is 0 Å². The van der Waals surface area contributed by atoms with Crippen LogP contribution in [0, 0.1) is 5.92 Å². The number of hydrogen-bond donors (Lipinski definition) is 1. The van der Waals surface area contributed by atoms with Gasteiger partial charge in [0.25, 0.3) is 0 Å². The van der Waals surface area contributed by atoms with Crippen molar-refractivity contribution in [3.8, 4) is 0 Å². The van der Waals surface area contributed by atoms with Crippen LogP contribution < -0.4 is 5.73 Å². The number of carbonyl (C=O) groups excluding carboxylic acids is 2. The Morgan fingerprint density at radius 2 is 1.75 bits per heavy atom. The summed E-state index contributed by atoms with van der Waals surface area (Å²) in [7, 11) is 1.65. The molecule has 2 heterocycles. The van der Waals surface area contributed by atoms with Crippen molar-refractivity contribution in [2.24, 2.45) is 11.7 Å². The molecule has 0 aromatic heterocycles. The largest absolute Gasteiger partial charge is 0.416 e. The van der Waals surface area contributed by atoms with Crippen LogP contribution in [-0.2, 0) is 28.7 Å². The summed E-state index contributed by atoms with van der Waals surface area (Å²) >= 11 is 0. The molecular weight excluding hydrogens is 517 g/mol. The molecule has 0 bridgehead atoms. The van der Waals surface area contributed by atoms with Gasteiger partial charge >= 0.3 is 6.18 Å². The zero-order valence-electron chi connectivity index (χ0n) is 23.6. The molecule has 2 fully saturated rings. The van der Waals surface area contributed by atoms with Crippen molar-refractivity contribution in [2.75, 3.05) is 20.1 Å². The second kappa shape index (κ2) is 12.7. The highest BCUT2D eigenvalue weighted by Crippen LogP contribution is 2.32.